The SMILES string of the molecule is CCCC1C=CC(C=O)=C(CNCCCC(=O)NC(C)=O)CC1. The van der Waals surface area contributed by atoms with Gasteiger partial charge in [-0.25, -0.2) is 0 Å². The summed E-state index contributed by atoms with van der Waals surface area (Å²) in [5.74, 6) is -0.00903. The highest BCUT2D eigenvalue weighted by atomic mass is 16.2. The molecule has 1 aliphatic rings. The summed E-state index contributed by atoms with van der Waals surface area (Å²) >= 11 is 0. The number of allylic oxidation sites excluding steroid dienone is 3. The number of nitrogens with one attached hydrogen (secondary N) is 2. The van der Waals surface area contributed by atoms with Gasteiger partial charge in [-0.05, 0) is 43.7 Å². The summed E-state index contributed by atoms with van der Waals surface area (Å²) in [6.07, 6.45) is 10.4. The average Bonchev–Trinajstić information content (AvgIpc) is 2.69. The normalized spacial score (nSPS) is 17.7. The van der Waals surface area contributed by atoms with E-state index in [1.165, 1.54) is 6.92 Å². The summed E-state index contributed by atoms with van der Waals surface area (Å²) < 4.78 is 0. The molecule has 0 aromatic carbocycles. The Morgan fingerprint density at radius 2 is 2.17 bits per heavy atom. The Bertz CT molecular complexity index is 481. The van der Waals surface area contributed by atoms with Gasteiger partial charge in [-0.1, -0.05) is 25.5 Å². The molecule has 2 N–H and O–H groups in total. The van der Waals surface area contributed by atoms with Crippen LogP contribution in [0.4, 0.5) is 0 Å². The summed E-state index contributed by atoms with van der Waals surface area (Å²) in [4.78, 5) is 33.3. The molecule has 1 atom stereocenters. The van der Waals surface area contributed by atoms with Crippen molar-refractivity contribution in [1.82, 2.24) is 10.6 Å². The van der Waals surface area contributed by atoms with Crippen molar-refractivity contribution in [3.05, 3.63) is 23.3 Å². The first kappa shape index (κ1) is 19.3. The second-order valence-corrected chi connectivity index (χ2v) is 6.01. The topological polar surface area (TPSA) is 75.3 Å². The summed E-state index contributed by atoms with van der Waals surface area (Å²) in [7, 11) is 0. The van der Waals surface area contributed by atoms with Gasteiger partial charge in [0.05, 0.1) is 0 Å². The molecular formula is C18H28N2O3. The molecule has 1 aliphatic carbocycles. The smallest absolute Gasteiger partial charge is 0.226 e. The third kappa shape index (κ3) is 7.88. The molecule has 5 heteroatoms. The molecule has 0 saturated carbocycles. The predicted octanol–water partition coefficient (Wildman–Crippen LogP) is 2.28. The van der Waals surface area contributed by atoms with Crippen LogP contribution in [0.15, 0.2) is 23.3 Å². The van der Waals surface area contributed by atoms with Crippen molar-refractivity contribution in [2.75, 3.05) is 13.1 Å². The Labute approximate surface area is 138 Å². The molecule has 1 unspecified atom stereocenters. The van der Waals surface area contributed by atoms with Gasteiger partial charge in [0.25, 0.3) is 0 Å². The molecule has 2 amide bonds. The van der Waals surface area contributed by atoms with Gasteiger partial charge in [0, 0.05) is 25.5 Å². The van der Waals surface area contributed by atoms with Crippen molar-refractivity contribution in [2.24, 2.45) is 5.92 Å². The zero-order chi connectivity index (χ0) is 17.1. The fourth-order valence-corrected chi connectivity index (χ4v) is 2.75. The minimum atomic E-state index is -0.324. The van der Waals surface area contributed by atoms with Crippen LogP contribution in [0, 0.1) is 5.92 Å². The molecular weight excluding hydrogens is 292 g/mol. The highest BCUT2D eigenvalue weighted by molar-refractivity contribution is 5.93. The molecule has 128 valence electrons. The molecule has 0 bridgehead atoms. The van der Waals surface area contributed by atoms with E-state index in [4.69, 9.17) is 0 Å². The average molecular weight is 320 g/mol. The van der Waals surface area contributed by atoms with E-state index in [0.717, 1.165) is 43.1 Å². The van der Waals surface area contributed by atoms with Crippen LogP contribution in [0.5, 0.6) is 0 Å². The molecule has 1 rings (SSSR count). The van der Waals surface area contributed by atoms with Crippen LogP contribution in [0.25, 0.3) is 0 Å². The lowest BCUT2D eigenvalue weighted by Crippen LogP contribution is -2.29. The van der Waals surface area contributed by atoms with Gasteiger partial charge in [-0.2, -0.15) is 0 Å². The first-order valence-corrected chi connectivity index (χ1v) is 8.43. The second kappa shape index (κ2) is 10.9. The lowest BCUT2D eigenvalue weighted by Gasteiger charge is -2.12. The molecule has 0 saturated heterocycles. The predicted molar refractivity (Wildman–Crippen MR) is 90.8 cm³/mol. The van der Waals surface area contributed by atoms with Crippen molar-refractivity contribution < 1.29 is 14.4 Å². The van der Waals surface area contributed by atoms with Gasteiger partial charge in [0.1, 0.15) is 6.29 Å². The van der Waals surface area contributed by atoms with Gasteiger partial charge in [0.15, 0.2) is 0 Å². The number of aldehydes is 1. The van der Waals surface area contributed by atoms with E-state index in [-0.39, 0.29) is 11.8 Å². The lowest BCUT2D eigenvalue weighted by atomic mass is 9.97. The minimum Gasteiger partial charge on any atom is -0.313 e. The zero-order valence-electron chi connectivity index (χ0n) is 14.2. The molecule has 0 heterocycles. The lowest BCUT2D eigenvalue weighted by molar-refractivity contribution is -0.129. The quantitative estimate of drug-likeness (QED) is 0.505. The highest BCUT2D eigenvalue weighted by Crippen LogP contribution is 2.24. The van der Waals surface area contributed by atoms with Crippen LogP contribution in [-0.2, 0) is 14.4 Å². The van der Waals surface area contributed by atoms with Gasteiger partial charge >= 0.3 is 0 Å². The maximum Gasteiger partial charge on any atom is 0.226 e. The zero-order valence-corrected chi connectivity index (χ0v) is 14.2. The molecule has 0 aliphatic heterocycles. The highest BCUT2D eigenvalue weighted by Gasteiger charge is 2.13. The molecule has 0 spiro atoms. The minimum absolute atomic E-state index is 0.244. The van der Waals surface area contributed by atoms with Gasteiger partial charge in [-0.3, -0.25) is 19.7 Å². The maximum atomic E-state index is 11.3. The Balaban J connectivity index is 2.34. The Morgan fingerprint density at radius 3 is 2.83 bits per heavy atom. The molecule has 5 nitrogen and oxygen atoms in total. The summed E-state index contributed by atoms with van der Waals surface area (Å²) in [5, 5.41) is 5.54. The Hall–Kier alpha value is -1.75. The van der Waals surface area contributed by atoms with Gasteiger partial charge in [0.2, 0.25) is 11.8 Å². The summed E-state index contributed by atoms with van der Waals surface area (Å²) in [6.45, 7) is 4.86. The summed E-state index contributed by atoms with van der Waals surface area (Å²) in [5.41, 5.74) is 1.92. The molecule has 23 heavy (non-hydrogen) atoms. The number of hydrogen-bond donors (Lipinski definition) is 2. The van der Waals surface area contributed by atoms with E-state index < -0.39 is 0 Å². The monoisotopic (exact) mass is 320 g/mol. The largest absolute Gasteiger partial charge is 0.313 e. The van der Waals surface area contributed by atoms with E-state index in [1.807, 2.05) is 6.08 Å². The Kier molecular flexibility index (Phi) is 9.14. The molecule has 0 radical (unpaired) electrons. The number of carbonyl (C=O) groups excluding carboxylic acids is 3. The van der Waals surface area contributed by atoms with Crippen LogP contribution in [0.1, 0.15) is 52.4 Å². The van der Waals surface area contributed by atoms with Crippen molar-refractivity contribution in [2.45, 2.75) is 52.4 Å². The maximum absolute atomic E-state index is 11.3. The second-order valence-electron chi connectivity index (χ2n) is 6.01. The molecule has 0 fully saturated rings. The van der Waals surface area contributed by atoms with E-state index in [0.29, 0.717) is 31.8 Å². The summed E-state index contributed by atoms with van der Waals surface area (Å²) in [6, 6.07) is 0. The first-order valence-electron chi connectivity index (χ1n) is 8.43. The van der Waals surface area contributed by atoms with Crippen LogP contribution in [0.2, 0.25) is 0 Å². The van der Waals surface area contributed by atoms with E-state index >= 15 is 0 Å². The van der Waals surface area contributed by atoms with Gasteiger partial charge in [-0.15, -0.1) is 0 Å². The van der Waals surface area contributed by atoms with E-state index in [9.17, 15) is 14.4 Å². The number of hydrogen-bond acceptors (Lipinski definition) is 4. The van der Waals surface area contributed by atoms with Crippen molar-refractivity contribution >= 4 is 18.1 Å². The van der Waals surface area contributed by atoms with Crippen LogP contribution in [-0.4, -0.2) is 31.2 Å². The van der Waals surface area contributed by atoms with Crippen molar-refractivity contribution in [3.8, 4) is 0 Å². The molecule has 0 aromatic heterocycles. The van der Waals surface area contributed by atoms with Crippen LogP contribution in [0.3, 0.4) is 0 Å². The standard InChI is InChI=1S/C18H28N2O3/c1-3-5-15-7-9-16(17(13-21)10-8-15)12-19-11-4-6-18(23)20-14(2)22/h8,10,13,15,19H,3-7,9,11-12H2,1-2H3,(H,20,22,23). The van der Waals surface area contributed by atoms with Crippen LogP contribution < -0.4 is 10.6 Å². The Morgan fingerprint density at radius 1 is 1.39 bits per heavy atom. The number of imide groups is 1. The number of amides is 2. The van der Waals surface area contributed by atoms with Gasteiger partial charge < -0.3 is 5.32 Å². The number of carbonyl (C=O) groups is 3. The first-order chi connectivity index (χ1) is 11.1. The third-order valence-electron chi connectivity index (χ3n) is 3.97. The van der Waals surface area contributed by atoms with Crippen molar-refractivity contribution in [1.29, 1.82) is 0 Å². The fourth-order valence-electron chi connectivity index (χ4n) is 2.75. The third-order valence-corrected chi connectivity index (χ3v) is 3.97. The van der Waals surface area contributed by atoms with E-state index in [2.05, 4.69) is 23.6 Å². The number of rotatable bonds is 9. The van der Waals surface area contributed by atoms with Crippen LogP contribution >= 0.6 is 0 Å². The molecule has 0 aromatic rings. The van der Waals surface area contributed by atoms with Crippen molar-refractivity contribution in [3.63, 3.8) is 0 Å². The van der Waals surface area contributed by atoms with E-state index in [1.54, 1.807) is 0 Å². The fraction of sp³-hybridized carbons (Fsp3) is 0.611.